The van der Waals surface area contributed by atoms with Gasteiger partial charge in [-0.2, -0.15) is 0 Å². The molecule has 0 aliphatic rings. The lowest BCUT2D eigenvalue weighted by Gasteiger charge is -2.08. The Morgan fingerprint density at radius 1 is 1.03 bits per heavy atom. The van der Waals surface area contributed by atoms with E-state index in [1.54, 1.807) is 42.9 Å². The zero-order valence-electron chi connectivity index (χ0n) is 17.8. The van der Waals surface area contributed by atoms with Gasteiger partial charge in [0.15, 0.2) is 0 Å². The minimum Gasteiger partial charge on any atom is -0.352 e. The molecule has 0 unspecified atom stereocenters. The van der Waals surface area contributed by atoms with Crippen LogP contribution in [0, 0.1) is 6.92 Å². The molecule has 0 fully saturated rings. The summed E-state index contributed by atoms with van der Waals surface area (Å²) in [5, 5.41) is 2.79. The molecule has 1 amide bonds. The first-order chi connectivity index (χ1) is 14.8. The van der Waals surface area contributed by atoms with Crippen LogP contribution < -0.4 is 15.6 Å². The minimum atomic E-state index is -4.02. The summed E-state index contributed by atoms with van der Waals surface area (Å²) in [6.07, 6.45) is 1.84. The maximum Gasteiger partial charge on any atom is 0.296 e. The zero-order chi connectivity index (χ0) is 22.6. The first kappa shape index (κ1) is 22.4. The molecule has 0 spiro atoms. The van der Waals surface area contributed by atoms with E-state index in [-0.39, 0.29) is 16.5 Å². The lowest BCUT2D eigenvalue weighted by molar-refractivity contribution is 0.0953. The first-order valence-corrected chi connectivity index (χ1v) is 11.5. The van der Waals surface area contributed by atoms with E-state index in [0.29, 0.717) is 23.5 Å². The summed E-state index contributed by atoms with van der Waals surface area (Å²) in [6.45, 7) is 4.27. The number of unbranched alkanes of at least 4 members (excludes halogenated alkanes) is 1. The van der Waals surface area contributed by atoms with Crippen LogP contribution in [-0.4, -0.2) is 30.2 Å². The van der Waals surface area contributed by atoms with Crippen molar-refractivity contribution in [1.82, 2.24) is 14.7 Å². The van der Waals surface area contributed by atoms with Crippen LogP contribution >= 0.6 is 0 Å². The number of sulfonamides is 1. The Hall–Kier alpha value is -3.33. The Morgan fingerprint density at radius 3 is 2.29 bits per heavy atom. The normalized spacial score (nSPS) is 11.3. The van der Waals surface area contributed by atoms with Gasteiger partial charge in [-0.15, -0.1) is 0 Å². The molecular formula is C22H26N4O4S. The van der Waals surface area contributed by atoms with E-state index in [1.165, 1.54) is 28.9 Å². The van der Waals surface area contributed by atoms with Gasteiger partial charge in [0, 0.05) is 19.2 Å². The molecule has 3 rings (SSSR count). The Bertz CT molecular complexity index is 1230. The van der Waals surface area contributed by atoms with Crippen LogP contribution in [0.25, 0.3) is 5.69 Å². The lowest BCUT2D eigenvalue weighted by atomic mass is 10.2. The molecule has 3 aromatic rings. The number of carbonyl (C=O) groups is 1. The van der Waals surface area contributed by atoms with Crippen LogP contribution in [0.2, 0.25) is 0 Å². The van der Waals surface area contributed by atoms with Gasteiger partial charge >= 0.3 is 0 Å². The van der Waals surface area contributed by atoms with Crippen LogP contribution in [0.5, 0.6) is 0 Å². The summed E-state index contributed by atoms with van der Waals surface area (Å²) in [6, 6.07) is 14.6. The van der Waals surface area contributed by atoms with E-state index in [2.05, 4.69) is 10.0 Å². The topological polar surface area (TPSA) is 102 Å². The second kappa shape index (κ2) is 9.22. The van der Waals surface area contributed by atoms with Gasteiger partial charge in [-0.05, 0) is 49.7 Å². The number of benzene rings is 2. The highest BCUT2D eigenvalue weighted by atomic mass is 32.2. The monoisotopic (exact) mass is 442 g/mol. The van der Waals surface area contributed by atoms with Crippen molar-refractivity contribution >= 4 is 21.6 Å². The van der Waals surface area contributed by atoms with E-state index >= 15 is 0 Å². The number of carbonyl (C=O) groups excluding carboxylic acids is 1. The Morgan fingerprint density at radius 2 is 1.68 bits per heavy atom. The number of nitrogens with zero attached hydrogens (tertiary/aromatic N) is 2. The molecule has 0 aliphatic carbocycles. The standard InChI is InChI=1S/C22H26N4O4S/c1-4-5-15-23-21(27)17-11-13-19(14-12-17)31(29,30)24-20-16(2)25(3)26(22(20)28)18-9-7-6-8-10-18/h6-14,24H,4-5,15H2,1-3H3,(H,23,27). The maximum absolute atomic E-state index is 13.0. The molecule has 1 heterocycles. The molecule has 0 saturated carbocycles. The number of hydrogen-bond acceptors (Lipinski definition) is 4. The highest BCUT2D eigenvalue weighted by molar-refractivity contribution is 7.92. The fraction of sp³-hybridized carbons (Fsp3) is 0.273. The third kappa shape index (κ3) is 4.72. The van der Waals surface area contributed by atoms with Crippen molar-refractivity contribution in [3.63, 3.8) is 0 Å². The van der Waals surface area contributed by atoms with Gasteiger partial charge < -0.3 is 5.32 Å². The van der Waals surface area contributed by atoms with E-state index in [9.17, 15) is 18.0 Å². The molecule has 2 N–H and O–H groups in total. The van der Waals surface area contributed by atoms with Crippen molar-refractivity contribution in [3.8, 4) is 5.69 Å². The van der Waals surface area contributed by atoms with Crippen LogP contribution in [0.4, 0.5) is 5.69 Å². The van der Waals surface area contributed by atoms with E-state index in [4.69, 9.17) is 0 Å². The smallest absolute Gasteiger partial charge is 0.296 e. The molecule has 164 valence electrons. The highest BCUT2D eigenvalue weighted by Crippen LogP contribution is 2.19. The fourth-order valence-electron chi connectivity index (χ4n) is 3.15. The number of nitrogens with one attached hydrogen (secondary N) is 2. The SMILES string of the molecule is CCCCNC(=O)c1ccc(S(=O)(=O)Nc2c(C)n(C)n(-c3ccccc3)c2=O)cc1. The molecule has 0 radical (unpaired) electrons. The summed E-state index contributed by atoms with van der Waals surface area (Å²) in [7, 11) is -2.33. The molecule has 8 nitrogen and oxygen atoms in total. The van der Waals surface area contributed by atoms with Gasteiger partial charge in [0.05, 0.1) is 16.3 Å². The van der Waals surface area contributed by atoms with E-state index in [0.717, 1.165) is 12.8 Å². The summed E-state index contributed by atoms with van der Waals surface area (Å²) < 4.78 is 31.2. The van der Waals surface area contributed by atoms with Gasteiger partial charge in [0.25, 0.3) is 21.5 Å². The number of amides is 1. The highest BCUT2D eigenvalue weighted by Gasteiger charge is 2.22. The number of hydrogen-bond donors (Lipinski definition) is 2. The quantitative estimate of drug-likeness (QED) is 0.524. The number of para-hydroxylation sites is 1. The molecule has 1 aromatic heterocycles. The summed E-state index contributed by atoms with van der Waals surface area (Å²) in [4.78, 5) is 25.0. The van der Waals surface area contributed by atoms with Crippen LogP contribution in [0.15, 0.2) is 64.3 Å². The number of rotatable bonds is 8. The molecule has 0 saturated heterocycles. The van der Waals surface area contributed by atoms with Crippen molar-refractivity contribution in [3.05, 3.63) is 76.2 Å². The second-order valence-corrected chi connectivity index (χ2v) is 8.86. The first-order valence-electron chi connectivity index (χ1n) is 10.0. The third-order valence-electron chi connectivity index (χ3n) is 5.03. The summed E-state index contributed by atoms with van der Waals surface area (Å²) in [5.74, 6) is -0.255. The van der Waals surface area contributed by atoms with Gasteiger partial charge in [-0.25, -0.2) is 13.1 Å². The largest absolute Gasteiger partial charge is 0.352 e. The van der Waals surface area contributed by atoms with Gasteiger partial charge in [-0.1, -0.05) is 31.5 Å². The van der Waals surface area contributed by atoms with Crippen LogP contribution in [0.1, 0.15) is 35.8 Å². The maximum atomic E-state index is 13.0. The van der Waals surface area contributed by atoms with Gasteiger partial charge in [-0.3, -0.25) is 19.0 Å². The summed E-state index contributed by atoms with van der Waals surface area (Å²) >= 11 is 0. The summed E-state index contributed by atoms with van der Waals surface area (Å²) in [5.41, 5.74) is 0.984. The Kier molecular flexibility index (Phi) is 6.65. The number of anilines is 1. The van der Waals surface area contributed by atoms with Crippen LogP contribution in [-0.2, 0) is 17.1 Å². The lowest BCUT2D eigenvalue weighted by Crippen LogP contribution is -2.24. The average molecular weight is 443 g/mol. The van der Waals surface area contributed by atoms with Crippen molar-refractivity contribution in [2.24, 2.45) is 7.05 Å². The van der Waals surface area contributed by atoms with E-state index in [1.807, 2.05) is 13.0 Å². The molecule has 0 atom stereocenters. The molecule has 0 aliphatic heterocycles. The average Bonchev–Trinajstić information content (AvgIpc) is 2.97. The Balaban J connectivity index is 1.86. The fourth-order valence-corrected chi connectivity index (χ4v) is 4.26. The predicted molar refractivity (Wildman–Crippen MR) is 120 cm³/mol. The predicted octanol–water partition coefficient (Wildman–Crippen LogP) is 2.82. The third-order valence-corrected chi connectivity index (χ3v) is 6.40. The van der Waals surface area contributed by atoms with E-state index < -0.39 is 15.6 Å². The number of aromatic nitrogens is 2. The van der Waals surface area contributed by atoms with Crippen LogP contribution in [0.3, 0.4) is 0 Å². The van der Waals surface area contributed by atoms with Crippen molar-refractivity contribution in [2.75, 3.05) is 11.3 Å². The van der Waals surface area contributed by atoms with Crippen molar-refractivity contribution in [2.45, 2.75) is 31.6 Å². The van der Waals surface area contributed by atoms with Crippen molar-refractivity contribution < 1.29 is 13.2 Å². The molecule has 2 aromatic carbocycles. The molecule has 31 heavy (non-hydrogen) atoms. The Labute approximate surface area is 181 Å². The zero-order valence-corrected chi connectivity index (χ0v) is 18.6. The minimum absolute atomic E-state index is 0.0206. The second-order valence-electron chi connectivity index (χ2n) is 7.18. The van der Waals surface area contributed by atoms with Gasteiger partial charge in [0.1, 0.15) is 5.69 Å². The molecule has 9 heteroatoms. The van der Waals surface area contributed by atoms with Gasteiger partial charge in [0.2, 0.25) is 0 Å². The van der Waals surface area contributed by atoms with Crippen molar-refractivity contribution in [1.29, 1.82) is 0 Å². The molecule has 0 bridgehead atoms. The molecular weight excluding hydrogens is 416 g/mol.